The van der Waals surface area contributed by atoms with Gasteiger partial charge in [-0.25, -0.2) is 23.1 Å². The molecule has 0 aromatic carbocycles. The molecule has 0 atom stereocenters. The zero-order valence-electron chi connectivity index (χ0n) is 13.6. The van der Waals surface area contributed by atoms with Crippen LogP contribution < -0.4 is 9.46 Å². The predicted molar refractivity (Wildman–Crippen MR) is 85.0 cm³/mol. The molecule has 2 aromatic heterocycles. The molecule has 0 spiro atoms. The lowest BCUT2D eigenvalue weighted by atomic mass is 9.94. The van der Waals surface area contributed by atoms with E-state index < -0.39 is 10.0 Å². The molecule has 0 aliphatic heterocycles. The van der Waals surface area contributed by atoms with Crippen molar-refractivity contribution >= 4 is 10.0 Å². The Kier molecular flexibility index (Phi) is 4.81. The lowest BCUT2D eigenvalue weighted by molar-refractivity contribution is 0.132. The molecular formula is C15H20N4O4S. The monoisotopic (exact) mass is 352 g/mol. The van der Waals surface area contributed by atoms with E-state index in [2.05, 4.69) is 19.8 Å². The number of rotatable bonds is 5. The van der Waals surface area contributed by atoms with Crippen LogP contribution in [0.1, 0.15) is 37.1 Å². The molecule has 0 radical (unpaired) electrons. The van der Waals surface area contributed by atoms with Crippen molar-refractivity contribution in [2.75, 3.05) is 0 Å². The summed E-state index contributed by atoms with van der Waals surface area (Å²) < 4.78 is 38.4. The van der Waals surface area contributed by atoms with Crippen LogP contribution in [0.3, 0.4) is 0 Å². The molecule has 3 rings (SSSR count). The van der Waals surface area contributed by atoms with Gasteiger partial charge in [-0.3, -0.25) is 0 Å². The number of hydrogen-bond donors (Lipinski definition) is 1. The second-order valence-electron chi connectivity index (χ2n) is 5.90. The highest BCUT2D eigenvalue weighted by Gasteiger charge is 2.30. The van der Waals surface area contributed by atoms with E-state index in [1.807, 2.05) is 0 Å². The van der Waals surface area contributed by atoms with Crippen molar-refractivity contribution in [3.05, 3.63) is 29.9 Å². The summed E-state index contributed by atoms with van der Waals surface area (Å²) in [6, 6.07) is 1.96. The minimum absolute atomic E-state index is 0.00668. The molecule has 24 heavy (non-hydrogen) atoms. The van der Waals surface area contributed by atoms with E-state index in [9.17, 15) is 8.42 Å². The molecular weight excluding hydrogens is 332 g/mol. The lowest BCUT2D eigenvalue weighted by Gasteiger charge is -2.28. The zero-order chi connectivity index (χ0) is 17.2. The van der Waals surface area contributed by atoms with Gasteiger partial charge in [0.25, 0.3) is 0 Å². The fourth-order valence-corrected chi connectivity index (χ4v) is 4.56. The van der Waals surface area contributed by atoms with Gasteiger partial charge in [-0.1, -0.05) is 5.16 Å². The van der Waals surface area contributed by atoms with E-state index in [1.165, 1.54) is 0 Å². The highest BCUT2D eigenvalue weighted by atomic mass is 32.2. The SMILES string of the molecule is Cc1noc(C)c1S(=O)(=O)NC1CCC(Oc2ncccn2)CC1. The van der Waals surface area contributed by atoms with Crippen molar-refractivity contribution < 1.29 is 17.7 Å². The van der Waals surface area contributed by atoms with Crippen molar-refractivity contribution in [1.82, 2.24) is 19.8 Å². The smallest absolute Gasteiger partial charge is 0.316 e. The van der Waals surface area contributed by atoms with Gasteiger partial charge in [0.2, 0.25) is 10.0 Å². The number of sulfonamides is 1. The van der Waals surface area contributed by atoms with Gasteiger partial charge in [0, 0.05) is 18.4 Å². The zero-order valence-corrected chi connectivity index (χ0v) is 14.4. The number of aromatic nitrogens is 3. The molecule has 1 N–H and O–H groups in total. The summed E-state index contributed by atoms with van der Waals surface area (Å²) in [4.78, 5) is 8.22. The largest absolute Gasteiger partial charge is 0.460 e. The molecule has 0 bridgehead atoms. The molecule has 9 heteroatoms. The van der Waals surface area contributed by atoms with E-state index in [4.69, 9.17) is 9.26 Å². The van der Waals surface area contributed by atoms with E-state index >= 15 is 0 Å². The maximum absolute atomic E-state index is 12.5. The van der Waals surface area contributed by atoms with Gasteiger partial charge in [0.1, 0.15) is 16.7 Å². The molecule has 0 unspecified atom stereocenters. The second kappa shape index (κ2) is 6.86. The van der Waals surface area contributed by atoms with Crippen molar-refractivity contribution in [1.29, 1.82) is 0 Å². The summed E-state index contributed by atoms with van der Waals surface area (Å²) in [5.74, 6) is 0.304. The molecule has 0 saturated heterocycles. The normalized spacial score (nSPS) is 21.6. The van der Waals surface area contributed by atoms with Gasteiger partial charge in [0.15, 0.2) is 5.76 Å². The molecule has 1 aliphatic carbocycles. The quantitative estimate of drug-likeness (QED) is 0.873. The van der Waals surface area contributed by atoms with Crippen molar-refractivity contribution in [2.45, 2.75) is 56.6 Å². The first-order chi connectivity index (χ1) is 11.5. The summed E-state index contributed by atoms with van der Waals surface area (Å²) in [5.41, 5.74) is 0.373. The fourth-order valence-electron chi connectivity index (χ4n) is 2.93. The van der Waals surface area contributed by atoms with Crippen LogP contribution in [0.5, 0.6) is 6.01 Å². The van der Waals surface area contributed by atoms with Crippen LogP contribution in [0.4, 0.5) is 0 Å². The van der Waals surface area contributed by atoms with Crippen LogP contribution in [-0.2, 0) is 10.0 Å². The first-order valence-corrected chi connectivity index (χ1v) is 9.33. The van der Waals surface area contributed by atoms with Crippen molar-refractivity contribution in [2.24, 2.45) is 0 Å². The average molecular weight is 352 g/mol. The first kappa shape index (κ1) is 16.8. The predicted octanol–water partition coefficient (Wildman–Crippen LogP) is 1.75. The van der Waals surface area contributed by atoms with Gasteiger partial charge in [-0.15, -0.1) is 0 Å². The van der Waals surface area contributed by atoms with Crippen LogP contribution in [-0.4, -0.2) is 35.7 Å². The van der Waals surface area contributed by atoms with Crippen molar-refractivity contribution in [3.63, 3.8) is 0 Å². The molecule has 1 saturated carbocycles. The summed E-state index contributed by atoms with van der Waals surface area (Å²) >= 11 is 0. The third-order valence-corrected chi connectivity index (χ3v) is 5.81. The highest BCUT2D eigenvalue weighted by Crippen LogP contribution is 2.25. The minimum Gasteiger partial charge on any atom is -0.460 e. The second-order valence-corrected chi connectivity index (χ2v) is 7.55. The number of nitrogens with zero attached hydrogens (tertiary/aromatic N) is 3. The van der Waals surface area contributed by atoms with Gasteiger partial charge in [-0.05, 0) is 45.6 Å². The van der Waals surface area contributed by atoms with Crippen LogP contribution in [0, 0.1) is 13.8 Å². The third kappa shape index (κ3) is 3.73. The van der Waals surface area contributed by atoms with Gasteiger partial charge in [-0.2, -0.15) is 0 Å². The van der Waals surface area contributed by atoms with Crippen LogP contribution in [0.2, 0.25) is 0 Å². The third-order valence-electron chi connectivity index (χ3n) is 4.05. The Hall–Kier alpha value is -2.00. The number of aryl methyl sites for hydroxylation is 2. The Morgan fingerprint density at radius 1 is 1.17 bits per heavy atom. The van der Waals surface area contributed by atoms with Gasteiger partial charge >= 0.3 is 6.01 Å². The minimum atomic E-state index is -3.63. The van der Waals surface area contributed by atoms with E-state index in [0.717, 1.165) is 12.8 Å². The van der Waals surface area contributed by atoms with Crippen LogP contribution in [0.25, 0.3) is 0 Å². The lowest BCUT2D eigenvalue weighted by Crippen LogP contribution is -2.40. The van der Waals surface area contributed by atoms with E-state index in [1.54, 1.807) is 32.3 Å². The van der Waals surface area contributed by atoms with E-state index in [0.29, 0.717) is 30.3 Å². The molecule has 1 aliphatic rings. The highest BCUT2D eigenvalue weighted by molar-refractivity contribution is 7.89. The summed E-state index contributed by atoms with van der Waals surface area (Å²) in [7, 11) is -3.63. The number of nitrogens with one attached hydrogen (secondary N) is 1. The molecule has 8 nitrogen and oxygen atoms in total. The van der Waals surface area contributed by atoms with Gasteiger partial charge in [0.05, 0.1) is 0 Å². The maximum Gasteiger partial charge on any atom is 0.316 e. The molecule has 2 aromatic rings. The average Bonchev–Trinajstić information content (AvgIpc) is 2.90. The van der Waals surface area contributed by atoms with Gasteiger partial charge < -0.3 is 9.26 Å². The summed E-state index contributed by atoms with van der Waals surface area (Å²) in [6.45, 7) is 3.22. The molecule has 1 fully saturated rings. The summed E-state index contributed by atoms with van der Waals surface area (Å²) in [5, 5.41) is 3.71. The topological polar surface area (TPSA) is 107 Å². The number of hydrogen-bond acceptors (Lipinski definition) is 7. The Bertz CT molecular complexity index is 764. The van der Waals surface area contributed by atoms with Crippen molar-refractivity contribution in [3.8, 4) is 6.01 Å². The summed E-state index contributed by atoms with van der Waals surface area (Å²) in [6.07, 6.45) is 6.14. The Balaban J connectivity index is 1.57. The first-order valence-electron chi connectivity index (χ1n) is 7.84. The molecule has 130 valence electrons. The Morgan fingerprint density at radius 3 is 2.42 bits per heavy atom. The number of ether oxygens (including phenoxy) is 1. The standard InChI is InChI=1S/C15H20N4O4S/c1-10-14(11(2)23-18-10)24(20,21)19-12-4-6-13(7-5-12)22-15-16-8-3-9-17-15/h3,8-9,12-13,19H,4-7H2,1-2H3. The Morgan fingerprint density at radius 2 is 1.83 bits per heavy atom. The Labute approximate surface area is 140 Å². The van der Waals surface area contributed by atoms with E-state index in [-0.39, 0.29) is 17.0 Å². The maximum atomic E-state index is 12.5. The fraction of sp³-hybridized carbons (Fsp3) is 0.533. The molecule has 2 heterocycles. The molecule has 0 amide bonds. The van der Waals surface area contributed by atoms with Crippen LogP contribution >= 0.6 is 0 Å². The van der Waals surface area contributed by atoms with Crippen LogP contribution in [0.15, 0.2) is 27.9 Å².